The Morgan fingerprint density at radius 1 is 1.24 bits per heavy atom. The van der Waals surface area contributed by atoms with Gasteiger partial charge in [0.1, 0.15) is 10.2 Å². The normalized spacial score (nSPS) is 20.3. The molecule has 1 unspecified atom stereocenters. The number of benzene rings is 1. The molecule has 25 heavy (non-hydrogen) atoms. The van der Waals surface area contributed by atoms with Gasteiger partial charge in [0.15, 0.2) is 9.84 Å². The zero-order valence-electron chi connectivity index (χ0n) is 12.9. The molecule has 1 aromatic heterocycles. The van der Waals surface area contributed by atoms with Crippen LogP contribution in [0.25, 0.3) is 0 Å². The van der Waals surface area contributed by atoms with Gasteiger partial charge in [-0.25, -0.2) is 12.8 Å². The first-order chi connectivity index (χ1) is 11.8. The van der Waals surface area contributed by atoms with Gasteiger partial charge in [0, 0.05) is 18.7 Å². The molecule has 1 atom stereocenters. The first kappa shape index (κ1) is 18.6. The lowest BCUT2D eigenvalue weighted by Gasteiger charge is -2.19. The molecule has 0 saturated carbocycles. The molecule has 1 fully saturated rings. The van der Waals surface area contributed by atoms with Crippen molar-refractivity contribution in [2.45, 2.75) is 11.7 Å². The summed E-state index contributed by atoms with van der Waals surface area (Å²) in [6.07, 6.45) is 0.129. The summed E-state index contributed by atoms with van der Waals surface area (Å²) in [6, 6.07) is 7.32. The molecule has 1 amide bonds. The molecule has 134 valence electrons. The number of sulfone groups is 1. The van der Waals surface area contributed by atoms with Crippen LogP contribution in [0.15, 0.2) is 30.3 Å². The van der Waals surface area contributed by atoms with E-state index in [-0.39, 0.29) is 46.6 Å². The van der Waals surface area contributed by atoms with Crippen molar-refractivity contribution in [1.29, 1.82) is 0 Å². The fourth-order valence-electron chi connectivity index (χ4n) is 2.89. The van der Waals surface area contributed by atoms with Crippen molar-refractivity contribution < 1.29 is 17.6 Å². The van der Waals surface area contributed by atoms with Crippen LogP contribution in [-0.2, 0) is 9.84 Å². The van der Waals surface area contributed by atoms with E-state index in [2.05, 4.69) is 0 Å². The summed E-state index contributed by atoms with van der Waals surface area (Å²) in [6.45, 7) is 0.233. The number of hydrogen-bond donors (Lipinski definition) is 0. The van der Waals surface area contributed by atoms with E-state index in [4.69, 9.17) is 23.2 Å². The molecular formula is C16H14Cl2FNO3S2. The van der Waals surface area contributed by atoms with Crippen molar-refractivity contribution in [3.8, 4) is 0 Å². The van der Waals surface area contributed by atoms with E-state index in [1.807, 2.05) is 0 Å². The summed E-state index contributed by atoms with van der Waals surface area (Å²) in [5, 5.41) is -0.965. The SMILES string of the molecule is O=C(c1cc(Cl)sc1Cl)N1CCC(c2ccccc2F)S(=O)(=O)CC1. The summed E-state index contributed by atoms with van der Waals surface area (Å²) in [5.74, 6) is -1.14. The Bertz CT molecular complexity index is 914. The minimum Gasteiger partial charge on any atom is -0.338 e. The number of carbonyl (C=O) groups is 1. The number of hydrogen-bond acceptors (Lipinski definition) is 4. The second-order valence-corrected chi connectivity index (χ2v) is 10.3. The molecule has 0 bridgehead atoms. The van der Waals surface area contributed by atoms with Gasteiger partial charge in [0.2, 0.25) is 0 Å². The molecule has 0 spiro atoms. The summed E-state index contributed by atoms with van der Waals surface area (Å²) in [5.41, 5.74) is 0.409. The standard InChI is InChI=1S/C16H14Cl2FNO3S2/c17-14-9-11(15(18)24-14)16(21)20-6-5-13(25(22,23)8-7-20)10-3-1-2-4-12(10)19/h1-4,9,13H,5-8H2. The summed E-state index contributed by atoms with van der Waals surface area (Å²) < 4.78 is 39.9. The maximum Gasteiger partial charge on any atom is 0.256 e. The van der Waals surface area contributed by atoms with Gasteiger partial charge in [0.25, 0.3) is 5.91 Å². The summed E-state index contributed by atoms with van der Waals surface area (Å²) in [7, 11) is -3.58. The molecule has 1 saturated heterocycles. The highest BCUT2D eigenvalue weighted by molar-refractivity contribution is 7.91. The third-order valence-corrected chi connectivity index (χ3v) is 7.76. The molecule has 1 aliphatic heterocycles. The second kappa shape index (κ2) is 7.23. The van der Waals surface area contributed by atoms with E-state index >= 15 is 0 Å². The molecule has 9 heteroatoms. The third-order valence-electron chi connectivity index (χ3n) is 4.17. The molecular weight excluding hydrogens is 408 g/mol. The van der Waals surface area contributed by atoms with Crippen LogP contribution < -0.4 is 0 Å². The van der Waals surface area contributed by atoms with Gasteiger partial charge in [-0.1, -0.05) is 41.4 Å². The number of rotatable bonds is 2. The highest BCUT2D eigenvalue weighted by Gasteiger charge is 2.34. The van der Waals surface area contributed by atoms with Crippen molar-refractivity contribution in [1.82, 2.24) is 4.90 Å². The Morgan fingerprint density at radius 3 is 2.60 bits per heavy atom. The number of nitrogens with zero attached hydrogens (tertiary/aromatic N) is 1. The molecule has 4 nitrogen and oxygen atoms in total. The quantitative estimate of drug-likeness (QED) is 0.729. The Morgan fingerprint density at radius 2 is 1.96 bits per heavy atom. The van der Waals surface area contributed by atoms with E-state index in [1.165, 1.54) is 29.2 Å². The van der Waals surface area contributed by atoms with E-state index in [0.29, 0.717) is 4.34 Å². The fourth-order valence-corrected chi connectivity index (χ4v) is 6.14. The van der Waals surface area contributed by atoms with Crippen LogP contribution in [-0.4, -0.2) is 38.1 Å². The van der Waals surface area contributed by atoms with Crippen molar-refractivity contribution in [2.75, 3.05) is 18.8 Å². The maximum atomic E-state index is 14.1. The fraction of sp³-hybridized carbons (Fsp3) is 0.312. The smallest absolute Gasteiger partial charge is 0.256 e. The number of carbonyl (C=O) groups excluding carboxylic acids is 1. The first-order valence-corrected chi connectivity index (χ1v) is 10.8. The minimum absolute atomic E-state index is 0.0376. The molecule has 1 aromatic carbocycles. The highest BCUT2D eigenvalue weighted by Crippen LogP contribution is 2.34. The Balaban J connectivity index is 1.87. The van der Waals surface area contributed by atoms with Crippen LogP contribution in [0.1, 0.15) is 27.6 Å². The second-order valence-electron chi connectivity index (χ2n) is 5.70. The van der Waals surface area contributed by atoms with E-state index in [0.717, 1.165) is 11.3 Å². The lowest BCUT2D eigenvalue weighted by atomic mass is 10.1. The first-order valence-electron chi connectivity index (χ1n) is 7.49. The summed E-state index contributed by atoms with van der Waals surface area (Å²) >= 11 is 13.0. The van der Waals surface area contributed by atoms with Crippen molar-refractivity contribution in [2.24, 2.45) is 0 Å². The Hall–Kier alpha value is -1.15. The van der Waals surface area contributed by atoms with Gasteiger partial charge in [0.05, 0.1) is 20.9 Å². The topological polar surface area (TPSA) is 54.5 Å². The monoisotopic (exact) mass is 421 g/mol. The molecule has 1 aliphatic rings. The number of halogens is 3. The lowest BCUT2D eigenvalue weighted by Crippen LogP contribution is -2.33. The molecule has 0 N–H and O–H groups in total. The van der Waals surface area contributed by atoms with Crippen LogP contribution in [0.5, 0.6) is 0 Å². The number of thiophene rings is 1. The van der Waals surface area contributed by atoms with Crippen molar-refractivity contribution in [3.05, 3.63) is 55.9 Å². The Kier molecular flexibility index (Phi) is 5.39. The van der Waals surface area contributed by atoms with Crippen LogP contribution in [0.4, 0.5) is 4.39 Å². The van der Waals surface area contributed by atoms with Gasteiger partial charge in [-0.2, -0.15) is 0 Å². The van der Waals surface area contributed by atoms with Crippen LogP contribution in [0, 0.1) is 5.82 Å². The highest BCUT2D eigenvalue weighted by atomic mass is 35.5. The average Bonchev–Trinajstić information content (AvgIpc) is 2.80. The van der Waals surface area contributed by atoms with E-state index in [9.17, 15) is 17.6 Å². The van der Waals surface area contributed by atoms with Crippen LogP contribution in [0.3, 0.4) is 0 Å². The average molecular weight is 422 g/mol. The third kappa shape index (κ3) is 3.84. The molecule has 2 heterocycles. The minimum atomic E-state index is -3.58. The van der Waals surface area contributed by atoms with Gasteiger partial charge in [-0.3, -0.25) is 4.79 Å². The van der Waals surface area contributed by atoms with Crippen LogP contribution in [0.2, 0.25) is 8.67 Å². The molecule has 3 rings (SSSR count). The van der Waals surface area contributed by atoms with E-state index in [1.54, 1.807) is 6.07 Å². The van der Waals surface area contributed by atoms with Gasteiger partial charge in [-0.15, -0.1) is 11.3 Å². The van der Waals surface area contributed by atoms with Crippen molar-refractivity contribution in [3.63, 3.8) is 0 Å². The molecule has 0 aliphatic carbocycles. The van der Waals surface area contributed by atoms with Gasteiger partial charge >= 0.3 is 0 Å². The van der Waals surface area contributed by atoms with Crippen LogP contribution >= 0.6 is 34.5 Å². The largest absolute Gasteiger partial charge is 0.338 e. The predicted molar refractivity (Wildman–Crippen MR) is 97.8 cm³/mol. The summed E-state index contributed by atoms with van der Waals surface area (Å²) in [4.78, 5) is 14.1. The van der Waals surface area contributed by atoms with Gasteiger partial charge < -0.3 is 4.90 Å². The lowest BCUT2D eigenvalue weighted by molar-refractivity contribution is 0.0767. The molecule has 0 radical (unpaired) electrons. The predicted octanol–water partition coefficient (Wildman–Crippen LogP) is 4.20. The Labute approximate surface area is 159 Å². The zero-order valence-corrected chi connectivity index (χ0v) is 16.1. The zero-order chi connectivity index (χ0) is 18.2. The van der Waals surface area contributed by atoms with Gasteiger partial charge in [-0.05, 0) is 18.6 Å². The van der Waals surface area contributed by atoms with Crippen molar-refractivity contribution >= 4 is 50.3 Å². The van der Waals surface area contributed by atoms with E-state index < -0.39 is 20.9 Å². The number of amides is 1. The molecule has 2 aromatic rings. The maximum absolute atomic E-state index is 14.1.